The van der Waals surface area contributed by atoms with Crippen molar-refractivity contribution in [2.75, 3.05) is 4.90 Å². The average molecular weight is 471 g/mol. The lowest BCUT2D eigenvalue weighted by Crippen LogP contribution is -2.29. The molecule has 2 unspecified atom stereocenters. The molecule has 1 aliphatic heterocycles. The molecule has 0 radical (unpaired) electrons. The number of pyridine rings is 1. The fourth-order valence-corrected chi connectivity index (χ4v) is 5.26. The van der Waals surface area contributed by atoms with E-state index in [2.05, 4.69) is 70.9 Å². The van der Waals surface area contributed by atoms with Crippen LogP contribution in [0.2, 0.25) is 0 Å². The van der Waals surface area contributed by atoms with Gasteiger partial charge in [0.05, 0.1) is 17.8 Å². The number of aromatic nitrogens is 2. The highest BCUT2D eigenvalue weighted by atomic mass is 32.1. The summed E-state index contributed by atoms with van der Waals surface area (Å²) in [5, 5.41) is 4.21. The highest BCUT2D eigenvalue weighted by Gasteiger charge is 2.42. The molecule has 3 heterocycles. The van der Waals surface area contributed by atoms with Gasteiger partial charge in [-0.25, -0.2) is 4.39 Å². The van der Waals surface area contributed by atoms with Gasteiger partial charge in [-0.3, -0.25) is 4.98 Å². The summed E-state index contributed by atoms with van der Waals surface area (Å²) in [7, 11) is 0. The summed E-state index contributed by atoms with van der Waals surface area (Å²) in [6.07, 6.45) is 2.80. The van der Waals surface area contributed by atoms with Crippen molar-refractivity contribution in [2.45, 2.75) is 39.3 Å². The van der Waals surface area contributed by atoms with Crippen molar-refractivity contribution in [3.05, 3.63) is 113 Å². The molecular formula is C28H27FN4S. The molecule has 34 heavy (non-hydrogen) atoms. The minimum atomic E-state index is -0.242. The number of rotatable bonds is 5. The maximum absolute atomic E-state index is 13.6. The molecule has 6 heteroatoms. The molecule has 2 aromatic heterocycles. The number of aryl methyl sites for hydroxylation is 2. The fourth-order valence-electron chi connectivity index (χ4n) is 4.92. The zero-order valence-corrected chi connectivity index (χ0v) is 20.3. The first-order valence-corrected chi connectivity index (χ1v) is 11.9. The molecule has 0 amide bonds. The summed E-state index contributed by atoms with van der Waals surface area (Å²) in [6.45, 7) is 6.35. The van der Waals surface area contributed by atoms with E-state index in [1.54, 1.807) is 0 Å². The Bertz CT molecular complexity index is 1310. The van der Waals surface area contributed by atoms with Gasteiger partial charge in [-0.15, -0.1) is 0 Å². The second-order valence-corrected chi connectivity index (χ2v) is 9.04. The van der Waals surface area contributed by atoms with E-state index < -0.39 is 0 Å². The number of halogens is 1. The van der Waals surface area contributed by atoms with Gasteiger partial charge in [-0.05, 0) is 98.2 Å². The van der Waals surface area contributed by atoms with Crippen LogP contribution in [-0.2, 0) is 6.42 Å². The molecule has 4 nitrogen and oxygen atoms in total. The van der Waals surface area contributed by atoms with Crippen LogP contribution < -0.4 is 10.2 Å². The minimum absolute atomic E-state index is 0.0877. The monoisotopic (exact) mass is 470 g/mol. The number of anilines is 1. The predicted octanol–water partition coefficient (Wildman–Crippen LogP) is 6.37. The summed E-state index contributed by atoms with van der Waals surface area (Å²) in [5.74, 6) is -0.242. The molecule has 1 saturated heterocycles. The van der Waals surface area contributed by atoms with Crippen molar-refractivity contribution in [1.82, 2.24) is 14.9 Å². The maximum atomic E-state index is 13.6. The van der Waals surface area contributed by atoms with Crippen LogP contribution in [0.5, 0.6) is 0 Å². The van der Waals surface area contributed by atoms with E-state index in [0.717, 1.165) is 40.4 Å². The molecule has 1 aliphatic rings. The summed E-state index contributed by atoms with van der Waals surface area (Å²) < 4.78 is 15.8. The van der Waals surface area contributed by atoms with Gasteiger partial charge in [0.15, 0.2) is 5.11 Å². The van der Waals surface area contributed by atoms with Gasteiger partial charge in [0.25, 0.3) is 0 Å². The maximum Gasteiger partial charge on any atom is 0.174 e. The van der Waals surface area contributed by atoms with Crippen molar-refractivity contribution in [3.63, 3.8) is 0 Å². The van der Waals surface area contributed by atoms with E-state index in [0.29, 0.717) is 5.11 Å². The molecule has 0 spiro atoms. The standard InChI is InChI=1S/C28H27FN4S/c1-4-20-8-12-23(13-9-20)33-27(26(31-28(33)34)25-7-5-6-16-30-25)24-17-18(2)32(19(24)3)22-14-10-21(29)11-15-22/h5-17,26-27H,4H2,1-3H3,(H,31,34). The van der Waals surface area contributed by atoms with E-state index in [4.69, 9.17) is 12.2 Å². The number of thiocarbonyl (C=S) groups is 1. The number of nitrogens with one attached hydrogen (secondary N) is 1. The summed E-state index contributed by atoms with van der Waals surface area (Å²) in [6, 6.07) is 23.2. The van der Waals surface area contributed by atoms with Crippen LogP contribution >= 0.6 is 12.2 Å². The van der Waals surface area contributed by atoms with Gasteiger partial charge in [0.2, 0.25) is 0 Å². The van der Waals surface area contributed by atoms with Gasteiger partial charge >= 0.3 is 0 Å². The molecular weight excluding hydrogens is 443 g/mol. The first-order valence-electron chi connectivity index (χ1n) is 11.5. The quantitative estimate of drug-likeness (QED) is 0.344. The SMILES string of the molecule is CCc1ccc(N2C(=S)NC(c3ccccn3)C2c2cc(C)n(-c3ccc(F)cc3)c2C)cc1. The Morgan fingerprint density at radius 2 is 1.68 bits per heavy atom. The van der Waals surface area contributed by atoms with Crippen LogP contribution in [0, 0.1) is 19.7 Å². The van der Waals surface area contributed by atoms with Gasteiger partial charge in [0.1, 0.15) is 5.82 Å². The van der Waals surface area contributed by atoms with Crippen LogP contribution in [-0.4, -0.2) is 14.7 Å². The van der Waals surface area contributed by atoms with E-state index in [9.17, 15) is 4.39 Å². The van der Waals surface area contributed by atoms with Crippen LogP contribution in [0.4, 0.5) is 10.1 Å². The smallest absolute Gasteiger partial charge is 0.174 e. The molecule has 4 aromatic rings. The summed E-state index contributed by atoms with van der Waals surface area (Å²) >= 11 is 5.87. The van der Waals surface area contributed by atoms with Gasteiger partial charge in [-0.2, -0.15) is 0 Å². The third-order valence-corrected chi connectivity index (χ3v) is 6.91. The first kappa shape index (κ1) is 22.3. The molecule has 0 saturated carbocycles. The Labute approximate surface area is 205 Å². The Morgan fingerprint density at radius 3 is 2.32 bits per heavy atom. The van der Waals surface area contributed by atoms with Gasteiger partial charge < -0.3 is 14.8 Å². The zero-order chi connectivity index (χ0) is 23.8. The first-order chi connectivity index (χ1) is 16.5. The molecule has 1 fully saturated rings. The Balaban J connectivity index is 1.66. The van der Waals surface area contributed by atoms with E-state index in [-0.39, 0.29) is 17.9 Å². The fraction of sp³-hybridized carbons (Fsp3) is 0.214. The van der Waals surface area contributed by atoms with Crippen molar-refractivity contribution < 1.29 is 4.39 Å². The van der Waals surface area contributed by atoms with Crippen molar-refractivity contribution >= 4 is 23.0 Å². The zero-order valence-electron chi connectivity index (χ0n) is 19.5. The minimum Gasteiger partial charge on any atom is -0.351 e. The highest BCUT2D eigenvalue weighted by Crippen LogP contribution is 2.43. The van der Waals surface area contributed by atoms with E-state index in [1.165, 1.54) is 17.7 Å². The molecule has 1 N–H and O–H groups in total. The highest BCUT2D eigenvalue weighted by molar-refractivity contribution is 7.80. The summed E-state index contributed by atoms with van der Waals surface area (Å²) in [4.78, 5) is 6.86. The van der Waals surface area contributed by atoms with Crippen molar-refractivity contribution in [2.24, 2.45) is 0 Å². The van der Waals surface area contributed by atoms with Crippen LogP contribution in [0.1, 0.15) is 47.2 Å². The van der Waals surface area contributed by atoms with Gasteiger partial charge in [0, 0.05) is 29.0 Å². The largest absolute Gasteiger partial charge is 0.351 e. The van der Waals surface area contributed by atoms with Crippen molar-refractivity contribution in [3.8, 4) is 5.69 Å². The lowest BCUT2D eigenvalue weighted by Gasteiger charge is -2.28. The molecule has 2 atom stereocenters. The predicted molar refractivity (Wildman–Crippen MR) is 139 cm³/mol. The van der Waals surface area contributed by atoms with Crippen LogP contribution in [0.15, 0.2) is 79.0 Å². The lowest BCUT2D eigenvalue weighted by molar-refractivity contribution is 0.565. The second-order valence-electron chi connectivity index (χ2n) is 8.65. The molecule has 172 valence electrons. The third kappa shape index (κ3) is 3.88. The van der Waals surface area contributed by atoms with Crippen molar-refractivity contribution in [1.29, 1.82) is 0 Å². The topological polar surface area (TPSA) is 33.1 Å². The number of hydrogen-bond acceptors (Lipinski definition) is 2. The molecule has 5 rings (SSSR count). The Kier molecular flexibility index (Phi) is 5.92. The molecule has 0 aliphatic carbocycles. The van der Waals surface area contributed by atoms with Gasteiger partial charge in [-0.1, -0.05) is 25.1 Å². The normalized spacial score (nSPS) is 17.8. The lowest BCUT2D eigenvalue weighted by atomic mass is 9.96. The van der Waals surface area contributed by atoms with Crippen LogP contribution in [0.3, 0.4) is 0 Å². The van der Waals surface area contributed by atoms with Crippen LogP contribution in [0.25, 0.3) is 5.69 Å². The Morgan fingerprint density at radius 1 is 0.971 bits per heavy atom. The number of benzene rings is 2. The van der Waals surface area contributed by atoms with E-state index >= 15 is 0 Å². The third-order valence-electron chi connectivity index (χ3n) is 6.59. The average Bonchev–Trinajstić information content (AvgIpc) is 3.35. The molecule has 0 bridgehead atoms. The number of hydrogen-bond donors (Lipinski definition) is 1. The number of nitrogens with zero attached hydrogens (tertiary/aromatic N) is 3. The summed E-state index contributed by atoms with van der Waals surface area (Å²) in [5.41, 5.74) is 7.54. The Hall–Kier alpha value is -3.51. The second kappa shape index (κ2) is 9.03. The molecule has 2 aromatic carbocycles. The van der Waals surface area contributed by atoms with E-state index in [1.807, 2.05) is 36.5 Å².